The highest BCUT2D eigenvalue weighted by Crippen LogP contribution is 2.13. The molecule has 0 atom stereocenters. The zero-order chi connectivity index (χ0) is 15.7. The van der Waals surface area contributed by atoms with Crippen LogP contribution in [0.25, 0.3) is 0 Å². The molecule has 1 aromatic rings. The molecule has 0 aliphatic carbocycles. The number of methoxy groups -OCH3 is 1. The van der Waals surface area contributed by atoms with Gasteiger partial charge in [0.2, 0.25) is 11.8 Å². The normalized spacial score (nSPS) is 9.81. The lowest BCUT2D eigenvalue weighted by Crippen LogP contribution is -2.33. The van der Waals surface area contributed by atoms with E-state index in [9.17, 15) is 9.59 Å². The summed E-state index contributed by atoms with van der Waals surface area (Å²) in [7, 11) is 1.61. The number of nitrogens with one attached hydrogen (secondary N) is 1. The number of carbonyl (C=O) groups excluding carboxylic acids is 2. The van der Waals surface area contributed by atoms with Crippen molar-refractivity contribution in [2.24, 2.45) is 0 Å². The Bertz CT molecular complexity index is 483. The molecule has 114 valence electrons. The first-order chi connectivity index (χ1) is 10.1. The van der Waals surface area contributed by atoms with Crippen molar-refractivity contribution >= 4 is 11.8 Å². The standard InChI is InChI=1S/C16H22N2O3/c1-4-10-17-16(20)9-11-18(13(2)19)12-14-5-7-15(21-3)8-6-14/h4-8H,1,9-12H2,2-3H3,(H,17,20). The second kappa shape index (κ2) is 8.79. The van der Waals surface area contributed by atoms with Crippen molar-refractivity contribution in [2.45, 2.75) is 19.9 Å². The minimum atomic E-state index is -0.0871. The van der Waals surface area contributed by atoms with Gasteiger partial charge in [-0.25, -0.2) is 0 Å². The van der Waals surface area contributed by atoms with Gasteiger partial charge in [-0.05, 0) is 17.7 Å². The molecular formula is C16H22N2O3. The number of carbonyl (C=O) groups is 2. The summed E-state index contributed by atoms with van der Waals surface area (Å²) in [5.74, 6) is 0.634. The SMILES string of the molecule is C=CCNC(=O)CCN(Cc1ccc(OC)cc1)C(C)=O. The second-order valence-electron chi connectivity index (χ2n) is 4.63. The Balaban J connectivity index is 2.54. The molecule has 0 unspecified atom stereocenters. The lowest BCUT2D eigenvalue weighted by molar-refractivity contribution is -0.130. The van der Waals surface area contributed by atoms with Gasteiger partial charge in [-0.3, -0.25) is 9.59 Å². The van der Waals surface area contributed by atoms with E-state index in [-0.39, 0.29) is 18.2 Å². The van der Waals surface area contributed by atoms with E-state index in [0.29, 0.717) is 19.6 Å². The number of hydrogen-bond acceptors (Lipinski definition) is 3. The lowest BCUT2D eigenvalue weighted by Gasteiger charge is -2.21. The van der Waals surface area contributed by atoms with Gasteiger partial charge < -0.3 is 15.0 Å². The van der Waals surface area contributed by atoms with Gasteiger partial charge >= 0.3 is 0 Å². The van der Waals surface area contributed by atoms with Crippen LogP contribution in [0.15, 0.2) is 36.9 Å². The highest BCUT2D eigenvalue weighted by Gasteiger charge is 2.11. The second-order valence-corrected chi connectivity index (χ2v) is 4.63. The molecule has 0 aliphatic rings. The molecule has 1 aromatic carbocycles. The summed E-state index contributed by atoms with van der Waals surface area (Å²) in [6, 6.07) is 7.52. The number of benzene rings is 1. The van der Waals surface area contributed by atoms with Crippen molar-refractivity contribution in [3.8, 4) is 5.75 Å². The molecule has 0 fully saturated rings. The van der Waals surface area contributed by atoms with Gasteiger partial charge in [0.05, 0.1) is 7.11 Å². The Morgan fingerprint density at radius 2 is 2.00 bits per heavy atom. The fourth-order valence-corrected chi connectivity index (χ4v) is 1.81. The molecule has 0 bridgehead atoms. The van der Waals surface area contributed by atoms with Gasteiger partial charge in [-0.1, -0.05) is 18.2 Å². The minimum Gasteiger partial charge on any atom is -0.497 e. The molecule has 5 heteroatoms. The third kappa shape index (κ3) is 6.12. The molecule has 0 aromatic heterocycles. The van der Waals surface area contributed by atoms with Crippen LogP contribution in [-0.2, 0) is 16.1 Å². The summed E-state index contributed by atoms with van der Waals surface area (Å²) in [6.45, 7) is 6.36. The topological polar surface area (TPSA) is 58.6 Å². The Morgan fingerprint density at radius 3 is 2.52 bits per heavy atom. The van der Waals surface area contributed by atoms with Crippen LogP contribution < -0.4 is 10.1 Å². The monoisotopic (exact) mass is 290 g/mol. The van der Waals surface area contributed by atoms with E-state index in [0.717, 1.165) is 11.3 Å². The van der Waals surface area contributed by atoms with Gasteiger partial charge in [-0.15, -0.1) is 6.58 Å². The molecule has 0 radical (unpaired) electrons. The average Bonchev–Trinajstić information content (AvgIpc) is 2.49. The molecule has 1 N–H and O–H groups in total. The summed E-state index contributed by atoms with van der Waals surface area (Å²) in [5.41, 5.74) is 0.998. The maximum absolute atomic E-state index is 11.7. The summed E-state index contributed by atoms with van der Waals surface area (Å²) >= 11 is 0. The van der Waals surface area contributed by atoms with E-state index in [1.807, 2.05) is 24.3 Å². The van der Waals surface area contributed by atoms with Gasteiger partial charge in [0.15, 0.2) is 0 Å². The molecule has 21 heavy (non-hydrogen) atoms. The van der Waals surface area contributed by atoms with Crippen LogP contribution in [0.1, 0.15) is 18.9 Å². The number of amides is 2. The molecule has 1 rings (SSSR count). The lowest BCUT2D eigenvalue weighted by atomic mass is 10.2. The molecule has 2 amide bonds. The molecular weight excluding hydrogens is 268 g/mol. The Kier molecular flexibility index (Phi) is 7.01. The Hall–Kier alpha value is -2.30. The van der Waals surface area contributed by atoms with E-state index in [4.69, 9.17) is 4.74 Å². The van der Waals surface area contributed by atoms with Crippen molar-refractivity contribution in [3.63, 3.8) is 0 Å². The van der Waals surface area contributed by atoms with E-state index >= 15 is 0 Å². The molecule has 0 aliphatic heterocycles. The molecule has 0 saturated heterocycles. The zero-order valence-corrected chi connectivity index (χ0v) is 12.6. The Morgan fingerprint density at radius 1 is 1.33 bits per heavy atom. The average molecular weight is 290 g/mol. The number of nitrogens with zero attached hydrogens (tertiary/aromatic N) is 1. The fraction of sp³-hybridized carbons (Fsp3) is 0.375. The summed E-state index contributed by atoms with van der Waals surface area (Å²) in [4.78, 5) is 24.9. The van der Waals surface area contributed by atoms with E-state index in [2.05, 4.69) is 11.9 Å². The first-order valence-electron chi connectivity index (χ1n) is 6.83. The number of ether oxygens (including phenoxy) is 1. The summed E-state index contributed by atoms with van der Waals surface area (Å²) < 4.78 is 5.10. The van der Waals surface area contributed by atoms with Crippen LogP contribution in [-0.4, -0.2) is 36.9 Å². The third-order valence-corrected chi connectivity index (χ3v) is 3.03. The first kappa shape index (κ1) is 16.8. The van der Waals surface area contributed by atoms with Gasteiger partial charge in [-0.2, -0.15) is 0 Å². The molecule has 5 nitrogen and oxygen atoms in total. The fourth-order valence-electron chi connectivity index (χ4n) is 1.81. The van der Waals surface area contributed by atoms with Crippen molar-refractivity contribution in [2.75, 3.05) is 20.2 Å². The van der Waals surface area contributed by atoms with Crippen LogP contribution in [0.3, 0.4) is 0 Å². The summed E-state index contributed by atoms with van der Waals surface area (Å²) in [6.07, 6.45) is 1.90. The van der Waals surface area contributed by atoms with Gasteiger partial charge in [0.25, 0.3) is 0 Å². The van der Waals surface area contributed by atoms with Crippen LogP contribution >= 0.6 is 0 Å². The maximum atomic E-state index is 11.7. The Labute approximate surface area is 125 Å². The van der Waals surface area contributed by atoms with Crippen molar-refractivity contribution in [1.29, 1.82) is 0 Å². The molecule has 0 spiro atoms. The van der Waals surface area contributed by atoms with Crippen LogP contribution in [0, 0.1) is 0 Å². The summed E-state index contributed by atoms with van der Waals surface area (Å²) in [5, 5.41) is 2.69. The van der Waals surface area contributed by atoms with Crippen LogP contribution in [0.2, 0.25) is 0 Å². The van der Waals surface area contributed by atoms with Crippen molar-refractivity contribution < 1.29 is 14.3 Å². The smallest absolute Gasteiger partial charge is 0.222 e. The predicted octanol–water partition coefficient (Wildman–Crippen LogP) is 1.74. The van der Waals surface area contributed by atoms with E-state index in [1.54, 1.807) is 18.1 Å². The quantitative estimate of drug-likeness (QED) is 0.742. The first-order valence-corrected chi connectivity index (χ1v) is 6.83. The van der Waals surface area contributed by atoms with Crippen molar-refractivity contribution in [1.82, 2.24) is 10.2 Å². The number of hydrogen-bond donors (Lipinski definition) is 1. The molecule has 0 saturated carbocycles. The highest BCUT2D eigenvalue weighted by molar-refractivity contribution is 5.78. The minimum absolute atomic E-state index is 0.0534. The van der Waals surface area contributed by atoms with E-state index in [1.165, 1.54) is 6.92 Å². The van der Waals surface area contributed by atoms with Crippen molar-refractivity contribution in [3.05, 3.63) is 42.5 Å². The van der Waals surface area contributed by atoms with Gasteiger partial charge in [0, 0.05) is 33.0 Å². The maximum Gasteiger partial charge on any atom is 0.222 e. The zero-order valence-electron chi connectivity index (χ0n) is 12.6. The van der Waals surface area contributed by atoms with Gasteiger partial charge in [0.1, 0.15) is 5.75 Å². The molecule has 0 heterocycles. The third-order valence-electron chi connectivity index (χ3n) is 3.03. The predicted molar refractivity (Wildman–Crippen MR) is 81.9 cm³/mol. The van der Waals surface area contributed by atoms with E-state index < -0.39 is 0 Å². The highest BCUT2D eigenvalue weighted by atomic mass is 16.5. The largest absolute Gasteiger partial charge is 0.497 e. The van der Waals surface area contributed by atoms with Crippen LogP contribution in [0.5, 0.6) is 5.75 Å². The van der Waals surface area contributed by atoms with Crippen LogP contribution in [0.4, 0.5) is 0 Å². The number of rotatable bonds is 8.